The van der Waals surface area contributed by atoms with E-state index in [1.165, 1.54) is 0 Å². The molecule has 1 aliphatic rings. The lowest BCUT2D eigenvalue weighted by Gasteiger charge is -2.19. The lowest BCUT2D eigenvalue weighted by Crippen LogP contribution is -2.44. The maximum atomic E-state index is 5.93. The Hall–Kier alpha value is -2.05. The number of hydrogen-bond donors (Lipinski definition) is 2. The first-order chi connectivity index (χ1) is 12.2. The minimum absolute atomic E-state index is 0.156. The number of aliphatic imine (C=N–C) groups is 1. The highest BCUT2D eigenvalue weighted by Gasteiger charge is 2.17. The van der Waals surface area contributed by atoms with Crippen LogP contribution in [0, 0.1) is 6.92 Å². The molecule has 1 fully saturated rings. The zero-order chi connectivity index (χ0) is 17.6. The lowest BCUT2D eigenvalue weighted by molar-refractivity contribution is 0.0347. The van der Waals surface area contributed by atoms with E-state index in [-0.39, 0.29) is 12.1 Å². The molecule has 2 aromatic rings. The summed E-state index contributed by atoms with van der Waals surface area (Å²) in [6, 6.07) is 8.24. The Morgan fingerprint density at radius 2 is 2.24 bits per heavy atom. The molecule has 1 aromatic heterocycles. The average molecular weight is 345 g/mol. The second-order valence-corrected chi connectivity index (χ2v) is 6.44. The number of rotatable bonds is 6. The van der Waals surface area contributed by atoms with E-state index in [9.17, 15) is 0 Å². The molecule has 1 saturated heterocycles. The summed E-state index contributed by atoms with van der Waals surface area (Å²) in [5.74, 6) is 1.66. The smallest absolute Gasteiger partial charge is 0.191 e. The highest BCUT2D eigenvalue weighted by atomic mass is 16.5. The Morgan fingerprint density at radius 3 is 2.96 bits per heavy atom. The molecular weight excluding hydrogens is 318 g/mol. The van der Waals surface area contributed by atoms with Crippen LogP contribution in [-0.2, 0) is 16.0 Å². The number of hydrogen-bond acceptors (Lipinski definition) is 4. The van der Waals surface area contributed by atoms with E-state index in [0.29, 0.717) is 19.8 Å². The highest BCUT2D eigenvalue weighted by Crippen LogP contribution is 2.24. The number of ether oxygens (including phenoxy) is 2. The third kappa shape index (κ3) is 4.52. The maximum Gasteiger partial charge on any atom is 0.191 e. The molecule has 0 spiro atoms. The van der Waals surface area contributed by atoms with Crippen molar-refractivity contribution < 1.29 is 13.9 Å². The van der Waals surface area contributed by atoms with E-state index < -0.39 is 0 Å². The molecule has 136 valence electrons. The average Bonchev–Trinajstić information content (AvgIpc) is 3.25. The van der Waals surface area contributed by atoms with Crippen molar-refractivity contribution in [1.29, 1.82) is 0 Å². The fourth-order valence-corrected chi connectivity index (χ4v) is 2.95. The third-order valence-corrected chi connectivity index (χ3v) is 4.44. The topological polar surface area (TPSA) is 68.0 Å². The van der Waals surface area contributed by atoms with E-state index in [1.807, 2.05) is 18.2 Å². The molecule has 0 saturated carbocycles. The van der Waals surface area contributed by atoms with Gasteiger partial charge in [-0.1, -0.05) is 18.2 Å². The van der Waals surface area contributed by atoms with Gasteiger partial charge in [-0.3, -0.25) is 4.99 Å². The molecular formula is C19H27N3O3. The zero-order valence-corrected chi connectivity index (χ0v) is 15.2. The van der Waals surface area contributed by atoms with Gasteiger partial charge >= 0.3 is 0 Å². The number of guanidine groups is 1. The van der Waals surface area contributed by atoms with Crippen LogP contribution in [0.1, 0.15) is 24.7 Å². The summed E-state index contributed by atoms with van der Waals surface area (Å²) in [5, 5.41) is 7.81. The zero-order valence-electron chi connectivity index (χ0n) is 15.2. The van der Waals surface area contributed by atoms with Crippen LogP contribution in [0.15, 0.2) is 33.7 Å². The Morgan fingerprint density at radius 1 is 1.40 bits per heavy atom. The van der Waals surface area contributed by atoms with E-state index in [0.717, 1.165) is 41.3 Å². The molecule has 0 radical (unpaired) electrons. The summed E-state index contributed by atoms with van der Waals surface area (Å²) >= 11 is 0. The summed E-state index contributed by atoms with van der Waals surface area (Å²) in [6.45, 7) is 6.87. The van der Waals surface area contributed by atoms with E-state index in [4.69, 9.17) is 13.9 Å². The van der Waals surface area contributed by atoms with Gasteiger partial charge in [0.05, 0.1) is 25.9 Å². The van der Waals surface area contributed by atoms with Gasteiger partial charge in [-0.2, -0.15) is 0 Å². The molecule has 3 rings (SSSR count). The van der Waals surface area contributed by atoms with Crippen LogP contribution in [0.2, 0.25) is 0 Å². The molecule has 1 aromatic carbocycles. The van der Waals surface area contributed by atoms with Crippen LogP contribution in [-0.4, -0.2) is 45.0 Å². The van der Waals surface area contributed by atoms with Crippen molar-refractivity contribution >= 4 is 16.9 Å². The van der Waals surface area contributed by atoms with Crippen LogP contribution >= 0.6 is 0 Å². The molecule has 6 nitrogen and oxygen atoms in total. The fraction of sp³-hybridized carbons (Fsp3) is 0.526. The lowest BCUT2D eigenvalue weighted by atomic mass is 10.1. The Balaban J connectivity index is 1.50. The van der Waals surface area contributed by atoms with Gasteiger partial charge < -0.3 is 24.5 Å². The Labute approximate surface area is 148 Å². The minimum Gasteiger partial charge on any atom is -0.459 e. The first-order valence-electron chi connectivity index (χ1n) is 8.81. The van der Waals surface area contributed by atoms with Crippen LogP contribution in [0.25, 0.3) is 11.0 Å². The van der Waals surface area contributed by atoms with Gasteiger partial charge in [0.15, 0.2) is 5.96 Å². The molecule has 25 heavy (non-hydrogen) atoms. The first kappa shape index (κ1) is 17.8. The van der Waals surface area contributed by atoms with Gasteiger partial charge in [0.25, 0.3) is 0 Å². The van der Waals surface area contributed by atoms with Crippen LogP contribution in [0.3, 0.4) is 0 Å². The van der Waals surface area contributed by atoms with E-state index >= 15 is 0 Å². The third-order valence-electron chi connectivity index (χ3n) is 4.44. The molecule has 2 unspecified atom stereocenters. The summed E-state index contributed by atoms with van der Waals surface area (Å²) in [7, 11) is 1.76. The maximum absolute atomic E-state index is 5.93. The Bertz CT molecular complexity index is 720. The standard InChI is InChI=1S/C19H27N3O3/c1-13(11-24-15-8-9-23-12-15)22-19(20-3)21-10-18-14(2)16-6-4-5-7-17(16)25-18/h4-7,13,15H,8-12H2,1-3H3,(H2,20,21,22). The van der Waals surface area contributed by atoms with Gasteiger partial charge in [0.2, 0.25) is 0 Å². The summed E-state index contributed by atoms with van der Waals surface area (Å²) in [4.78, 5) is 4.28. The Kier molecular flexibility index (Phi) is 5.94. The highest BCUT2D eigenvalue weighted by molar-refractivity contribution is 5.83. The van der Waals surface area contributed by atoms with Gasteiger partial charge in [-0.15, -0.1) is 0 Å². The summed E-state index contributed by atoms with van der Waals surface area (Å²) < 4.78 is 17.1. The molecule has 0 amide bonds. The SMILES string of the molecule is CN=C(NCc1oc2ccccc2c1C)NC(C)COC1CCOC1. The molecule has 2 N–H and O–H groups in total. The molecule has 2 atom stereocenters. The van der Waals surface area contributed by atoms with E-state index in [1.54, 1.807) is 7.05 Å². The van der Waals surface area contributed by atoms with Gasteiger partial charge in [0, 0.05) is 30.6 Å². The summed E-state index contributed by atoms with van der Waals surface area (Å²) in [6.07, 6.45) is 1.20. The van der Waals surface area contributed by atoms with Crippen molar-refractivity contribution in [3.8, 4) is 0 Å². The van der Waals surface area contributed by atoms with Gasteiger partial charge in [-0.05, 0) is 26.3 Å². The van der Waals surface area contributed by atoms with E-state index in [2.05, 4.69) is 35.5 Å². The first-order valence-corrected chi connectivity index (χ1v) is 8.81. The van der Waals surface area contributed by atoms with Crippen molar-refractivity contribution in [2.75, 3.05) is 26.9 Å². The second kappa shape index (κ2) is 8.36. The van der Waals surface area contributed by atoms with Crippen molar-refractivity contribution in [2.24, 2.45) is 4.99 Å². The number of furan rings is 1. The van der Waals surface area contributed by atoms with Crippen LogP contribution < -0.4 is 10.6 Å². The van der Waals surface area contributed by atoms with Crippen molar-refractivity contribution in [2.45, 2.75) is 39.0 Å². The fourth-order valence-electron chi connectivity index (χ4n) is 2.95. The number of fused-ring (bicyclic) bond motifs is 1. The molecule has 0 aliphatic carbocycles. The number of aryl methyl sites for hydroxylation is 1. The molecule has 0 bridgehead atoms. The number of nitrogens with zero attached hydrogens (tertiary/aromatic N) is 1. The number of benzene rings is 1. The largest absolute Gasteiger partial charge is 0.459 e. The van der Waals surface area contributed by atoms with Gasteiger partial charge in [0.1, 0.15) is 11.3 Å². The second-order valence-electron chi connectivity index (χ2n) is 6.44. The van der Waals surface area contributed by atoms with Crippen molar-refractivity contribution in [1.82, 2.24) is 10.6 Å². The number of nitrogens with one attached hydrogen (secondary N) is 2. The normalized spacial score (nSPS) is 19.3. The predicted octanol–water partition coefficient (Wildman–Crippen LogP) is 2.60. The van der Waals surface area contributed by atoms with Gasteiger partial charge in [-0.25, -0.2) is 0 Å². The predicted molar refractivity (Wildman–Crippen MR) is 98.9 cm³/mol. The minimum atomic E-state index is 0.156. The van der Waals surface area contributed by atoms with Crippen LogP contribution in [0.5, 0.6) is 0 Å². The van der Waals surface area contributed by atoms with Crippen molar-refractivity contribution in [3.63, 3.8) is 0 Å². The van der Waals surface area contributed by atoms with Crippen LogP contribution in [0.4, 0.5) is 0 Å². The number of para-hydroxylation sites is 1. The quantitative estimate of drug-likeness (QED) is 0.622. The molecule has 1 aliphatic heterocycles. The monoisotopic (exact) mass is 345 g/mol. The molecule has 2 heterocycles. The molecule has 6 heteroatoms. The summed E-state index contributed by atoms with van der Waals surface area (Å²) in [5.41, 5.74) is 2.08. The van der Waals surface area contributed by atoms with Crippen molar-refractivity contribution in [3.05, 3.63) is 35.6 Å².